The van der Waals surface area contributed by atoms with Crippen LogP contribution in [-0.4, -0.2) is 89.2 Å². The minimum Gasteiger partial charge on any atom is -0.479 e. The van der Waals surface area contributed by atoms with Gasteiger partial charge in [0.2, 0.25) is 0 Å². The molecule has 0 aromatic carbocycles. The molecule has 468 valence electrons. The third-order valence-corrected chi connectivity index (χ3v) is 13.7. The number of esters is 3. The maximum Gasteiger partial charge on any atom is 0.335 e. The summed E-state index contributed by atoms with van der Waals surface area (Å²) in [5, 5.41) is 31.6. The highest BCUT2D eigenvalue weighted by Gasteiger charge is 2.50. The Balaban J connectivity index is 2.72. The fourth-order valence-electron chi connectivity index (χ4n) is 8.85. The molecular weight excluding hydrogens is 1040 g/mol. The van der Waals surface area contributed by atoms with Crippen LogP contribution in [0, 0.1) is 0 Å². The van der Waals surface area contributed by atoms with Crippen molar-refractivity contribution in [1.82, 2.24) is 0 Å². The standard InChI is InChI=1S/C71H112O12/c1-4-7-10-13-16-19-22-25-28-30-32-34-37-39-42-45-48-51-54-57-63(72)79-60-62(81-64(73)58-55-52-49-46-43-40-36-27-24-21-18-15-12-9-6-3)61-80-71-69(67(76)66(75)68(83-71)70(77)78)82-65(74)59-56-53-50-47-44-41-38-35-33-31-29-26-23-20-17-14-11-8-5-2/h8-9,11-12,16-21,25-29,33,35-36,41,44,50,53,62,66-69,71,75-76H,4-7,10,13-15,22-24,30-32,34,37-40,42-43,45-49,51-52,54-61H2,1-3H3,(H,77,78)/b11-8-,12-9-,19-16-,20-17-,21-18-,28-25-,29-26-,35-33-,36-27-,44-41-,53-50-. The molecule has 1 rings (SSSR count). The Hall–Kier alpha value is -5.14. The highest BCUT2D eigenvalue weighted by molar-refractivity contribution is 5.74. The molecule has 1 heterocycles. The molecule has 0 aromatic rings. The molecule has 0 amide bonds. The van der Waals surface area contributed by atoms with Crippen molar-refractivity contribution in [2.75, 3.05) is 13.2 Å². The Kier molecular flexibility index (Phi) is 52.4. The van der Waals surface area contributed by atoms with Crippen LogP contribution >= 0.6 is 0 Å². The van der Waals surface area contributed by atoms with Gasteiger partial charge >= 0.3 is 23.9 Å². The second-order valence-corrected chi connectivity index (χ2v) is 21.3. The fraction of sp³-hybridized carbons (Fsp3) is 0.634. The van der Waals surface area contributed by atoms with E-state index in [0.29, 0.717) is 25.7 Å². The van der Waals surface area contributed by atoms with Gasteiger partial charge in [-0.1, -0.05) is 231 Å². The third kappa shape index (κ3) is 46.9. The molecule has 0 radical (unpaired) electrons. The topological polar surface area (TPSA) is 175 Å². The number of rotatable bonds is 53. The molecule has 1 aliphatic heterocycles. The van der Waals surface area contributed by atoms with E-state index in [1.807, 2.05) is 18.2 Å². The van der Waals surface area contributed by atoms with Crippen LogP contribution < -0.4 is 0 Å². The molecule has 83 heavy (non-hydrogen) atoms. The Labute approximate surface area is 502 Å². The zero-order chi connectivity index (χ0) is 60.3. The average Bonchev–Trinajstić information content (AvgIpc) is 3.60. The summed E-state index contributed by atoms with van der Waals surface area (Å²) < 4.78 is 28.4. The first kappa shape index (κ1) is 75.9. The van der Waals surface area contributed by atoms with E-state index in [1.165, 1.54) is 57.8 Å². The van der Waals surface area contributed by atoms with E-state index in [2.05, 4.69) is 136 Å². The summed E-state index contributed by atoms with van der Waals surface area (Å²) in [6.07, 6.45) is 68.5. The number of carbonyl (C=O) groups excluding carboxylic acids is 3. The van der Waals surface area contributed by atoms with Crippen LogP contribution in [0.2, 0.25) is 0 Å². The number of unbranched alkanes of at least 4 members (excludes halogenated alkanes) is 17. The highest BCUT2D eigenvalue weighted by atomic mass is 16.7. The lowest BCUT2D eigenvalue weighted by molar-refractivity contribution is -0.301. The summed E-state index contributed by atoms with van der Waals surface area (Å²) in [5.74, 6) is -3.27. The number of aliphatic hydroxyl groups excluding tert-OH is 2. The van der Waals surface area contributed by atoms with Crippen LogP contribution in [0.25, 0.3) is 0 Å². The molecule has 6 atom stereocenters. The lowest BCUT2D eigenvalue weighted by Gasteiger charge is -2.40. The van der Waals surface area contributed by atoms with Crippen molar-refractivity contribution in [3.8, 4) is 0 Å². The van der Waals surface area contributed by atoms with E-state index >= 15 is 0 Å². The number of aliphatic carboxylic acids is 1. The molecule has 12 heteroatoms. The van der Waals surface area contributed by atoms with Gasteiger partial charge in [0.25, 0.3) is 0 Å². The van der Waals surface area contributed by atoms with Crippen molar-refractivity contribution in [2.24, 2.45) is 0 Å². The maximum absolute atomic E-state index is 13.2. The van der Waals surface area contributed by atoms with Crippen LogP contribution in [-0.2, 0) is 42.9 Å². The van der Waals surface area contributed by atoms with Crippen LogP contribution in [0.5, 0.6) is 0 Å². The van der Waals surface area contributed by atoms with Crippen molar-refractivity contribution in [3.63, 3.8) is 0 Å². The molecule has 12 nitrogen and oxygen atoms in total. The number of hydrogen-bond donors (Lipinski definition) is 3. The second-order valence-electron chi connectivity index (χ2n) is 21.3. The fourth-order valence-corrected chi connectivity index (χ4v) is 8.85. The number of carbonyl (C=O) groups is 4. The van der Waals surface area contributed by atoms with Crippen LogP contribution in [0.1, 0.15) is 239 Å². The molecule has 0 bridgehead atoms. The SMILES string of the molecule is CC/C=C\C/C=C\C/C=C\C/C=C\C/C=C\C/C=C\CCC(=O)OC1C(OCC(COC(=O)CCCCCCCCCCC/C=C\C/C=C\CCCCC)OC(=O)CCCCCCC/C=C\C/C=C\C/C=C\CC)OC(C(=O)O)C(O)C1O. The predicted octanol–water partition coefficient (Wildman–Crippen LogP) is 17.3. The van der Waals surface area contributed by atoms with Crippen molar-refractivity contribution in [2.45, 2.75) is 276 Å². The van der Waals surface area contributed by atoms with Crippen molar-refractivity contribution >= 4 is 23.9 Å². The first-order valence-electron chi connectivity index (χ1n) is 32.2. The molecule has 0 aromatic heterocycles. The molecule has 0 aliphatic carbocycles. The quantitative estimate of drug-likeness (QED) is 0.0228. The summed E-state index contributed by atoms with van der Waals surface area (Å²) in [4.78, 5) is 51.3. The van der Waals surface area contributed by atoms with Gasteiger partial charge in [0, 0.05) is 19.3 Å². The van der Waals surface area contributed by atoms with Gasteiger partial charge < -0.3 is 39.0 Å². The van der Waals surface area contributed by atoms with E-state index in [0.717, 1.165) is 116 Å². The lowest BCUT2D eigenvalue weighted by Crippen LogP contribution is -2.61. The van der Waals surface area contributed by atoms with Gasteiger partial charge in [-0.25, -0.2) is 4.79 Å². The molecule has 0 spiro atoms. The zero-order valence-corrected chi connectivity index (χ0v) is 51.6. The van der Waals surface area contributed by atoms with E-state index in [4.69, 9.17) is 23.7 Å². The van der Waals surface area contributed by atoms with E-state index in [1.54, 1.807) is 0 Å². The Morgan fingerprint density at radius 3 is 1.20 bits per heavy atom. The smallest absolute Gasteiger partial charge is 0.335 e. The summed E-state index contributed by atoms with van der Waals surface area (Å²) in [7, 11) is 0. The maximum atomic E-state index is 13.2. The van der Waals surface area contributed by atoms with Gasteiger partial charge in [0.1, 0.15) is 18.8 Å². The highest BCUT2D eigenvalue weighted by Crippen LogP contribution is 2.26. The number of carboxylic acids is 1. The van der Waals surface area contributed by atoms with Gasteiger partial charge in [0.05, 0.1) is 6.61 Å². The minimum absolute atomic E-state index is 0.0739. The first-order valence-corrected chi connectivity index (χ1v) is 32.2. The second kappa shape index (κ2) is 57.3. The number of carboxylic acid groups (broad SMARTS) is 1. The summed E-state index contributed by atoms with van der Waals surface area (Å²) >= 11 is 0. The lowest BCUT2D eigenvalue weighted by atomic mass is 9.98. The number of ether oxygens (including phenoxy) is 5. The predicted molar refractivity (Wildman–Crippen MR) is 340 cm³/mol. The Morgan fingerprint density at radius 2 is 0.783 bits per heavy atom. The number of hydrogen-bond acceptors (Lipinski definition) is 11. The van der Waals surface area contributed by atoms with Gasteiger partial charge in [-0.2, -0.15) is 0 Å². The van der Waals surface area contributed by atoms with E-state index in [9.17, 15) is 34.5 Å². The van der Waals surface area contributed by atoms with E-state index in [-0.39, 0.29) is 25.9 Å². The number of aliphatic hydroxyl groups is 2. The largest absolute Gasteiger partial charge is 0.479 e. The molecule has 1 aliphatic rings. The summed E-state index contributed by atoms with van der Waals surface area (Å²) in [6, 6.07) is 0. The third-order valence-electron chi connectivity index (χ3n) is 13.7. The number of allylic oxidation sites excluding steroid dienone is 22. The first-order chi connectivity index (χ1) is 40.6. The van der Waals surface area contributed by atoms with Crippen LogP contribution in [0.4, 0.5) is 0 Å². The minimum atomic E-state index is -1.94. The molecule has 6 unspecified atom stereocenters. The van der Waals surface area contributed by atoms with Gasteiger partial charge in [0.15, 0.2) is 24.6 Å². The normalized spacial score (nSPS) is 18.5. The van der Waals surface area contributed by atoms with Crippen LogP contribution in [0.15, 0.2) is 134 Å². The van der Waals surface area contributed by atoms with Gasteiger partial charge in [-0.15, -0.1) is 0 Å². The van der Waals surface area contributed by atoms with Crippen molar-refractivity contribution in [3.05, 3.63) is 134 Å². The molecule has 0 saturated carbocycles. The monoisotopic (exact) mass is 1160 g/mol. The van der Waals surface area contributed by atoms with Crippen molar-refractivity contribution in [1.29, 1.82) is 0 Å². The van der Waals surface area contributed by atoms with E-state index < -0.39 is 67.3 Å². The molecule has 1 saturated heterocycles. The average molecular weight is 1160 g/mol. The van der Waals surface area contributed by atoms with Crippen molar-refractivity contribution < 1.29 is 58.2 Å². The Bertz CT molecular complexity index is 1950. The van der Waals surface area contributed by atoms with Gasteiger partial charge in [-0.05, 0) is 122 Å². The van der Waals surface area contributed by atoms with Gasteiger partial charge in [-0.3, -0.25) is 14.4 Å². The Morgan fingerprint density at radius 1 is 0.410 bits per heavy atom. The summed E-state index contributed by atoms with van der Waals surface area (Å²) in [6.45, 7) is 5.70. The molecular formula is C71H112O12. The molecule has 1 fully saturated rings. The summed E-state index contributed by atoms with van der Waals surface area (Å²) in [5.41, 5.74) is 0. The molecule has 3 N–H and O–H groups in total. The van der Waals surface area contributed by atoms with Crippen LogP contribution in [0.3, 0.4) is 0 Å². The zero-order valence-electron chi connectivity index (χ0n) is 51.6.